The predicted octanol–water partition coefficient (Wildman–Crippen LogP) is -0.412. The van der Waals surface area contributed by atoms with Crippen LogP contribution >= 0.6 is 0 Å². The summed E-state index contributed by atoms with van der Waals surface area (Å²) in [4.78, 5) is 25.2. The van der Waals surface area contributed by atoms with Crippen LogP contribution in [0.5, 0.6) is 0 Å². The molecule has 0 aliphatic heterocycles. The van der Waals surface area contributed by atoms with Crippen LogP contribution in [0.25, 0.3) is 0 Å². The van der Waals surface area contributed by atoms with Crippen LogP contribution in [0.15, 0.2) is 12.1 Å². The number of nitrogens with two attached hydrogens (primary N) is 2. The maximum atomic E-state index is 10.7. The molecule has 0 bridgehead atoms. The van der Waals surface area contributed by atoms with E-state index < -0.39 is 11.8 Å². The molecule has 0 saturated carbocycles. The number of pyridine rings is 1. The van der Waals surface area contributed by atoms with Crippen molar-refractivity contribution in [1.29, 1.82) is 0 Å². The molecule has 1 heterocycles. The van der Waals surface area contributed by atoms with Gasteiger partial charge in [0.25, 0.3) is 11.8 Å². The van der Waals surface area contributed by atoms with Crippen LogP contribution in [-0.4, -0.2) is 16.8 Å². The van der Waals surface area contributed by atoms with Crippen LogP contribution < -0.4 is 11.5 Å². The van der Waals surface area contributed by atoms with Crippen molar-refractivity contribution in [3.63, 3.8) is 0 Å². The normalized spacial score (nSPS) is 9.62. The van der Waals surface area contributed by atoms with Crippen molar-refractivity contribution in [2.24, 2.45) is 11.5 Å². The van der Waals surface area contributed by atoms with E-state index in [0.717, 1.165) is 5.56 Å². The molecule has 1 rings (SSSR count). The number of rotatable bonds is 2. The Labute approximate surface area is 74.7 Å². The fraction of sp³-hybridized carbons (Fsp3) is 0.125. The lowest BCUT2D eigenvalue weighted by atomic mass is 10.2. The Morgan fingerprint density at radius 3 is 1.85 bits per heavy atom. The van der Waals surface area contributed by atoms with E-state index in [4.69, 9.17) is 11.5 Å². The molecule has 0 aliphatic rings. The third kappa shape index (κ3) is 2.02. The van der Waals surface area contributed by atoms with Crippen molar-refractivity contribution in [3.05, 3.63) is 29.1 Å². The van der Waals surface area contributed by atoms with Gasteiger partial charge in [-0.05, 0) is 24.6 Å². The summed E-state index contributed by atoms with van der Waals surface area (Å²) in [5.41, 5.74) is 10.8. The molecule has 1 aromatic rings. The number of amides is 2. The van der Waals surface area contributed by atoms with Crippen molar-refractivity contribution in [2.75, 3.05) is 0 Å². The molecular formula is C8H9N3O2. The Hall–Kier alpha value is -1.91. The zero-order valence-corrected chi connectivity index (χ0v) is 7.07. The number of hydrogen-bond acceptors (Lipinski definition) is 3. The highest BCUT2D eigenvalue weighted by atomic mass is 16.1. The lowest BCUT2D eigenvalue weighted by molar-refractivity contribution is 0.0992. The number of aromatic nitrogens is 1. The van der Waals surface area contributed by atoms with Gasteiger partial charge < -0.3 is 11.5 Å². The summed E-state index contributed by atoms with van der Waals surface area (Å²) in [6.45, 7) is 1.72. The van der Waals surface area contributed by atoms with Gasteiger partial charge in [-0.2, -0.15) is 0 Å². The maximum absolute atomic E-state index is 10.7. The number of aryl methyl sites for hydroxylation is 1. The van der Waals surface area contributed by atoms with Gasteiger partial charge in [-0.3, -0.25) is 9.59 Å². The Morgan fingerprint density at radius 2 is 1.54 bits per heavy atom. The highest BCUT2D eigenvalue weighted by Crippen LogP contribution is 2.03. The molecule has 5 nitrogen and oxygen atoms in total. The van der Waals surface area contributed by atoms with E-state index in [0.29, 0.717) is 0 Å². The number of carbonyl (C=O) groups excluding carboxylic acids is 2. The quantitative estimate of drug-likeness (QED) is 0.645. The monoisotopic (exact) mass is 179 g/mol. The van der Waals surface area contributed by atoms with Crippen molar-refractivity contribution >= 4 is 11.8 Å². The second-order valence-corrected chi connectivity index (χ2v) is 2.64. The van der Waals surface area contributed by atoms with Crippen LogP contribution in [-0.2, 0) is 0 Å². The third-order valence-corrected chi connectivity index (χ3v) is 1.47. The molecule has 0 atom stereocenters. The summed E-state index contributed by atoms with van der Waals surface area (Å²) in [6.07, 6.45) is 0. The summed E-state index contributed by atoms with van der Waals surface area (Å²) in [5.74, 6) is -1.35. The average molecular weight is 179 g/mol. The Kier molecular flexibility index (Phi) is 2.27. The minimum atomic E-state index is -0.675. The van der Waals surface area contributed by atoms with E-state index in [-0.39, 0.29) is 11.4 Å². The zero-order valence-electron chi connectivity index (χ0n) is 7.07. The molecule has 4 N–H and O–H groups in total. The topological polar surface area (TPSA) is 99.1 Å². The lowest BCUT2D eigenvalue weighted by Crippen LogP contribution is -2.19. The summed E-state index contributed by atoms with van der Waals surface area (Å²) in [7, 11) is 0. The first-order valence-electron chi connectivity index (χ1n) is 3.59. The molecule has 2 amide bonds. The molecule has 0 aliphatic carbocycles. The van der Waals surface area contributed by atoms with Gasteiger partial charge in [-0.15, -0.1) is 0 Å². The first-order valence-corrected chi connectivity index (χ1v) is 3.59. The first kappa shape index (κ1) is 9.18. The molecule has 0 fully saturated rings. The van der Waals surface area contributed by atoms with Gasteiger partial charge in [0.15, 0.2) is 0 Å². The second kappa shape index (κ2) is 3.22. The van der Waals surface area contributed by atoms with Crippen LogP contribution in [0.4, 0.5) is 0 Å². The van der Waals surface area contributed by atoms with Crippen LogP contribution in [0, 0.1) is 6.92 Å². The molecule has 0 spiro atoms. The van der Waals surface area contributed by atoms with E-state index in [1.807, 2.05) is 0 Å². The Morgan fingerprint density at radius 1 is 1.15 bits per heavy atom. The predicted molar refractivity (Wildman–Crippen MR) is 46.0 cm³/mol. The van der Waals surface area contributed by atoms with Crippen molar-refractivity contribution < 1.29 is 9.59 Å². The van der Waals surface area contributed by atoms with Gasteiger partial charge in [-0.1, -0.05) is 0 Å². The van der Waals surface area contributed by atoms with Crippen LogP contribution in [0.2, 0.25) is 0 Å². The van der Waals surface area contributed by atoms with Gasteiger partial charge in [-0.25, -0.2) is 4.98 Å². The smallest absolute Gasteiger partial charge is 0.267 e. The molecule has 0 saturated heterocycles. The van der Waals surface area contributed by atoms with E-state index in [1.54, 1.807) is 6.92 Å². The summed E-state index contributed by atoms with van der Waals surface area (Å²) >= 11 is 0. The highest BCUT2D eigenvalue weighted by molar-refractivity contribution is 5.95. The largest absolute Gasteiger partial charge is 0.364 e. The Bertz CT molecular complexity index is 341. The fourth-order valence-electron chi connectivity index (χ4n) is 0.920. The second-order valence-electron chi connectivity index (χ2n) is 2.64. The van der Waals surface area contributed by atoms with Crippen molar-refractivity contribution in [3.8, 4) is 0 Å². The lowest BCUT2D eigenvalue weighted by Gasteiger charge is -2.00. The minimum absolute atomic E-state index is 0.0498. The molecular weight excluding hydrogens is 170 g/mol. The summed E-state index contributed by atoms with van der Waals surface area (Å²) in [5, 5.41) is 0. The molecule has 0 aromatic carbocycles. The third-order valence-electron chi connectivity index (χ3n) is 1.47. The van der Waals surface area contributed by atoms with Crippen molar-refractivity contribution in [1.82, 2.24) is 4.98 Å². The van der Waals surface area contributed by atoms with Crippen LogP contribution in [0.1, 0.15) is 26.5 Å². The number of hydrogen-bond donors (Lipinski definition) is 2. The summed E-state index contributed by atoms with van der Waals surface area (Å²) in [6, 6.07) is 2.99. The minimum Gasteiger partial charge on any atom is -0.364 e. The van der Waals surface area contributed by atoms with E-state index in [9.17, 15) is 9.59 Å². The van der Waals surface area contributed by atoms with E-state index >= 15 is 0 Å². The molecule has 13 heavy (non-hydrogen) atoms. The van der Waals surface area contributed by atoms with Crippen LogP contribution in [0.3, 0.4) is 0 Å². The number of carbonyl (C=O) groups is 2. The molecule has 5 heteroatoms. The van der Waals surface area contributed by atoms with Gasteiger partial charge in [0.1, 0.15) is 11.4 Å². The SMILES string of the molecule is Cc1cc(C(N)=O)nc(C(N)=O)c1. The van der Waals surface area contributed by atoms with Gasteiger partial charge in [0, 0.05) is 0 Å². The molecule has 0 radical (unpaired) electrons. The zero-order chi connectivity index (χ0) is 10.0. The molecule has 0 unspecified atom stereocenters. The van der Waals surface area contributed by atoms with Crippen molar-refractivity contribution in [2.45, 2.75) is 6.92 Å². The van der Waals surface area contributed by atoms with Gasteiger partial charge in [0.05, 0.1) is 0 Å². The molecule has 1 aromatic heterocycles. The maximum Gasteiger partial charge on any atom is 0.267 e. The van der Waals surface area contributed by atoms with Gasteiger partial charge >= 0.3 is 0 Å². The highest BCUT2D eigenvalue weighted by Gasteiger charge is 2.08. The number of nitrogens with zero attached hydrogens (tertiary/aromatic N) is 1. The Balaban J connectivity index is 3.26. The van der Waals surface area contributed by atoms with E-state index in [2.05, 4.69) is 4.98 Å². The number of primary amides is 2. The van der Waals surface area contributed by atoms with Gasteiger partial charge in [0.2, 0.25) is 0 Å². The summed E-state index contributed by atoms with van der Waals surface area (Å²) < 4.78 is 0. The first-order chi connectivity index (χ1) is 6.00. The molecule has 68 valence electrons. The fourth-order valence-corrected chi connectivity index (χ4v) is 0.920. The van der Waals surface area contributed by atoms with E-state index in [1.165, 1.54) is 12.1 Å². The standard InChI is InChI=1S/C8H9N3O2/c1-4-2-5(7(9)12)11-6(3-4)8(10)13/h2-3H,1H3,(H2,9,12)(H2,10,13). The average Bonchev–Trinajstić information content (AvgIpc) is 2.03.